The number of ether oxygens (including phenoxy) is 1. The van der Waals surface area contributed by atoms with Crippen molar-refractivity contribution in [2.75, 3.05) is 6.61 Å². The van der Waals surface area contributed by atoms with Crippen LogP contribution in [0.5, 0.6) is 0 Å². The third-order valence-electron chi connectivity index (χ3n) is 7.95. The Bertz CT molecular complexity index is 819. The normalized spacial score (nSPS) is 25.9. The van der Waals surface area contributed by atoms with Crippen molar-refractivity contribution in [3.8, 4) is 0 Å². The number of amides is 1. The molecule has 2 heterocycles. The molecule has 39 heavy (non-hydrogen) atoms. The van der Waals surface area contributed by atoms with Crippen molar-refractivity contribution in [1.29, 1.82) is 0 Å². The lowest BCUT2D eigenvalue weighted by Crippen LogP contribution is -2.56. The van der Waals surface area contributed by atoms with Crippen LogP contribution in [-0.2, 0) is 16.1 Å². The number of carbonyl (C=O) groups excluding carboxylic acids is 1. The molecule has 10 nitrogen and oxygen atoms in total. The van der Waals surface area contributed by atoms with E-state index in [1.807, 2.05) is 0 Å². The smallest absolute Gasteiger partial charge is 0.220 e. The first-order valence-corrected chi connectivity index (χ1v) is 15.0. The van der Waals surface area contributed by atoms with E-state index in [-0.39, 0.29) is 12.5 Å². The largest absolute Gasteiger partial charge is 0.394 e. The SMILES string of the molecule is CC(C)CCCC(C)CCCC(C)CCCC(C)CC(=O)NCc1cn([C@@H]2O[C@H](CO)[C@@H](O)[C@H](O)[C@H]2O)nn1. The van der Waals surface area contributed by atoms with Crippen molar-refractivity contribution in [3.63, 3.8) is 0 Å². The van der Waals surface area contributed by atoms with Crippen LogP contribution in [-0.4, -0.2) is 72.3 Å². The third-order valence-corrected chi connectivity index (χ3v) is 7.95. The van der Waals surface area contributed by atoms with Crippen molar-refractivity contribution >= 4 is 5.91 Å². The molecule has 0 bridgehead atoms. The van der Waals surface area contributed by atoms with Gasteiger partial charge in [0.05, 0.1) is 19.3 Å². The van der Waals surface area contributed by atoms with Crippen LogP contribution in [0.1, 0.15) is 111 Å². The summed E-state index contributed by atoms with van der Waals surface area (Å²) >= 11 is 0. The Morgan fingerprint density at radius 2 is 1.46 bits per heavy atom. The van der Waals surface area contributed by atoms with E-state index in [1.54, 1.807) is 0 Å². The summed E-state index contributed by atoms with van der Waals surface area (Å²) in [6.45, 7) is 11.1. The molecule has 1 aromatic heterocycles. The van der Waals surface area contributed by atoms with E-state index >= 15 is 0 Å². The number of carbonyl (C=O) groups is 1. The van der Waals surface area contributed by atoms with Crippen molar-refractivity contribution in [3.05, 3.63) is 11.9 Å². The molecular formula is C29H54N4O6. The maximum absolute atomic E-state index is 12.4. The monoisotopic (exact) mass is 554 g/mol. The quantitative estimate of drug-likeness (QED) is 0.185. The molecule has 0 spiro atoms. The van der Waals surface area contributed by atoms with Crippen molar-refractivity contribution < 1.29 is 30.0 Å². The highest BCUT2D eigenvalue weighted by atomic mass is 16.6. The van der Waals surface area contributed by atoms with Crippen LogP contribution in [0, 0.1) is 23.7 Å². The minimum absolute atomic E-state index is 0.0515. The Morgan fingerprint density at radius 1 is 0.897 bits per heavy atom. The zero-order chi connectivity index (χ0) is 28.9. The molecule has 1 aliphatic heterocycles. The summed E-state index contributed by atoms with van der Waals surface area (Å²) in [4.78, 5) is 12.4. The van der Waals surface area contributed by atoms with E-state index < -0.39 is 37.3 Å². The average molecular weight is 555 g/mol. The van der Waals surface area contributed by atoms with Gasteiger partial charge >= 0.3 is 0 Å². The molecule has 226 valence electrons. The molecule has 1 saturated heterocycles. The lowest BCUT2D eigenvalue weighted by atomic mass is 9.90. The predicted molar refractivity (Wildman–Crippen MR) is 149 cm³/mol. The molecule has 10 heteroatoms. The zero-order valence-corrected chi connectivity index (χ0v) is 24.7. The fourth-order valence-electron chi connectivity index (χ4n) is 5.29. The maximum atomic E-state index is 12.4. The fourth-order valence-corrected chi connectivity index (χ4v) is 5.29. The first kappa shape index (κ1) is 33.6. The van der Waals surface area contributed by atoms with Crippen LogP contribution in [0.15, 0.2) is 6.20 Å². The van der Waals surface area contributed by atoms with E-state index in [9.17, 15) is 25.2 Å². The Balaban J connectivity index is 1.61. The van der Waals surface area contributed by atoms with Gasteiger partial charge in [0, 0.05) is 6.42 Å². The Hall–Kier alpha value is -1.59. The van der Waals surface area contributed by atoms with E-state index in [4.69, 9.17) is 4.74 Å². The molecule has 1 fully saturated rings. The van der Waals surface area contributed by atoms with Crippen LogP contribution in [0.2, 0.25) is 0 Å². The topological polar surface area (TPSA) is 150 Å². The van der Waals surface area contributed by atoms with E-state index in [0.717, 1.165) is 30.6 Å². The van der Waals surface area contributed by atoms with Crippen molar-refractivity contribution in [2.45, 2.75) is 136 Å². The summed E-state index contributed by atoms with van der Waals surface area (Å²) in [5.41, 5.74) is 0.469. The summed E-state index contributed by atoms with van der Waals surface area (Å²) in [5.74, 6) is 2.60. The van der Waals surface area contributed by atoms with Gasteiger partial charge in [0.1, 0.15) is 30.1 Å². The number of aliphatic hydroxyl groups excluding tert-OH is 4. The minimum Gasteiger partial charge on any atom is -0.394 e. The molecule has 8 atom stereocenters. The molecule has 5 N–H and O–H groups in total. The van der Waals surface area contributed by atoms with E-state index in [2.05, 4.69) is 50.2 Å². The van der Waals surface area contributed by atoms with Gasteiger partial charge in [0.25, 0.3) is 0 Å². The van der Waals surface area contributed by atoms with Crippen LogP contribution in [0.4, 0.5) is 0 Å². The Labute approximate surface area is 234 Å². The lowest BCUT2D eigenvalue weighted by molar-refractivity contribution is -0.254. The first-order chi connectivity index (χ1) is 18.5. The number of hydrogen-bond acceptors (Lipinski definition) is 8. The van der Waals surface area contributed by atoms with Gasteiger partial charge in [-0.1, -0.05) is 97.6 Å². The van der Waals surface area contributed by atoms with Gasteiger partial charge in [-0.3, -0.25) is 4.79 Å². The molecule has 0 radical (unpaired) electrons. The molecule has 3 unspecified atom stereocenters. The number of rotatable bonds is 18. The predicted octanol–water partition coefficient (Wildman–Crippen LogP) is 3.33. The molecule has 0 saturated carbocycles. The van der Waals surface area contributed by atoms with Gasteiger partial charge < -0.3 is 30.5 Å². The molecule has 1 aliphatic rings. The van der Waals surface area contributed by atoms with Crippen molar-refractivity contribution in [2.24, 2.45) is 23.7 Å². The molecule has 0 aliphatic carbocycles. The van der Waals surface area contributed by atoms with Gasteiger partial charge in [0.15, 0.2) is 6.23 Å². The molecule has 0 aromatic carbocycles. The van der Waals surface area contributed by atoms with Gasteiger partial charge in [-0.2, -0.15) is 0 Å². The molecular weight excluding hydrogens is 500 g/mol. The highest BCUT2D eigenvalue weighted by Gasteiger charge is 2.44. The second-order valence-electron chi connectivity index (χ2n) is 12.4. The lowest BCUT2D eigenvalue weighted by Gasteiger charge is -2.39. The van der Waals surface area contributed by atoms with Crippen LogP contribution in [0.3, 0.4) is 0 Å². The molecule has 1 amide bonds. The van der Waals surface area contributed by atoms with Gasteiger partial charge in [-0.15, -0.1) is 5.10 Å². The van der Waals surface area contributed by atoms with Crippen LogP contribution >= 0.6 is 0 Å². The number of hydrogen-bond donors (Lipinski definition) is 5. The molecule has 2 rings (SSSR count). The highest BCUT2D eigenvalue weighted by molar-refractivity contribution is 5.76. The van der Waals surface area contributed by atoms with Gasteiger partial charge in [-0.25, -0.2) is 4.68 Å². The van der Waals surface area contributed by atoms with Gasteiger partial charge in [-0.05, 0) is 23.7 Å². The maximum Gasteiger partial charge on any atom is 0.220 e. The number of aliphatic hydroxyl groups is 4. The number of nitrogens with one attached hydrogen (secondary N) is 1. The summed E-state index contributed by atoms with van der Waals surface area (Å²) in [6, 6.07) is 0. The second kappa shape index (κ2) is 17.3. The summed E-state index contributed by atoms with van der Waals surface area (Å²) in [7, 11) is 0. The second-order valence-corrected chi connectivity index (χ2v) is 12.4. The van der Waals surface area contributed by atoms with Crippen molar-refractivity contribution in [1.82, 2.24) is 20.3 Å². The number of nitrogens with zero attached hydrogens (tertiary/aromatic N) is 3. The highest BCUT2D eigenvalue weighted by Crippen LogP contribution is 2.28. The average Bonchev–Trinajstić information content (AvgIpc) is 3.35. The van der Waals surface area contributed by atoms with Crippen LogP contribution < -0.4 is 5.32 Å². The minimum atomic E-state index is -1.49. The Morgan fingerprint density at radius 3 is 2.03 bits per heavy atom. The summed E-state index contributed by atoms with van der Waals surface area (Å²) < 4.78 is 6.70. The molecule has 1 aromatic rings. The standard InChI is InChI=1S/C29H54N4O6/c1-19(2)9-6-10-20(3)11-7-12-21(4)13-8-14-22(5)15-25(35)30-16-23-17-33(32-31-23)29-28(38)27(37)26(36)24(18-34)39-29/h17,19-22,24,26-29,34,36-38H,6-16,18H2,1-5H3,(H,30,35)/t20?,21?,22?,24-,26-,27+,28-,29-/m1/s1. The van der Waals surface area contributed by atoms with Crippen LogP contribution in [0.25, 0.3) is 0 Å². The first-order valence-electron chi connectivity index (χ1n) is 15.0. The third kappa shape index (κ3) is 11.8. The Kier molecular flexibility index (Phi) is 14.9. The van der Waals surface area contributed by atoms with E-state index in [1.165, 1.54) is 55.8 Å². The zero-order valence-electron chi connectivity index (χ0n) is 24.7. The van der Waals surface area contributed by atoms with Gasteiger partial charge in [0.2, 0.25) is 5.91 Å². The summed E-state index contributed by atoms with van der Waals surface area (Å²) in [6.07, 6.45) is 6.75. The fraction of sp³-hybridized carbons (Fsp3) is 0.897. The summed E-state index contributed by atoms with van der Waals surface area (Å²) in [5, 5.41) is 50.3. The number of aromatic nitrogens is 3. The van der Waals surface area contributed by atoms with E-state index in [0.29, 0.717) is 18.0 Å².